The number of hydrogen-bond donors (Lipinski definition) is 1. The van der Waals surface area contributed by atoms with Crippen LogP contribution in [0, 0.1) is 5.92 Å². The van der Waals surface area contributed by atoms with Crippen LogP contribution < -0.4 is 0 Å². The van der Waals surface area contributed by atoms with Crippen LogP contribution >= 0.6 is 0 Å². The first-order valence-corrected chi connectivity index (χ1v) is 8.74. The van der Waals surface area contributed by atoms with Gasteiger partial charge in [-0.3, -0.25) is 9.59 Å². The molecule has 2 aromatic rings. The molecule has 2 aromatic carbocycles. The Hall–Kier alpha value is -3.09. The summed E-state index contributed by atoms with van der Waals surface area (Å²) in [4.78, 5) is 37.6. The van der Waals surface area contributed by atoms with Gasteiger partial charge in [0, 0.05) is 18.5 Å². The van der Waals surface area contributed by atoms with E-state index in [2.05, 4.69) is 0 Å². The first-order chi connectivity index (χ1) is 13.0. The molecular weight excluding hydrogens is 350 g/mol. The fourth-order valence-corrected chi connectivity index (χ4v) is 3.25. The predicted octanol–water partition coefficient (Wildman–Crippen LogP) is 2.11. The summed E-state index contributed by atoms with van der Waals surface area (Å²) in [6, 6.07) is 10.3. The molecule has 0 aliphatic carbocycles. The van der Waals surface area contributed by atoms with E-state index in [0.717, 1.165) is 5.39 Å². The Balaban J connectivity index is 1.57. The monoisotopic (exact) mass is 371 g/mol. The van der Waals surface area contributed by atoms with Gasteiger partial charge in [-0.15, -0.1) is 0 Å². The Labute approximate surface area is 156 Å². The molecule has 1 fully saturated rings. The summed E-state index contributed by atoms with van der Waals surface area (Å²) in [7, 11) is 1.35. The highest BCUT2D eigenvalue weighted by molar-refractivity contribution is 6.01. The van der Waals surface area contributed by atoms with Crippen LogP contribution in [-0.4, -0.2) is 54.7 Å². The lowest BCUT2D eigenvalue weighted by atomic mass is 9.97. The minimum Gasteiger partial charge on any atom is -0.506 e. The molecule has 27 heavy (non-hydrogen) atoms. The van der Waals surface area contributed by atoms with Gasteiger partial charge in [-0.25, -0.2) is 4.79 Å². The van der Waals surface area contributed by atoms with Crippen LogP contribution in [0.1, 0.15) is 23.2 Å². The van der Waals surface area contributed by atoms with Gasteiger partial charge >= 0.3 is 11.9 Å². The van der Waals surface area contributed by atoms with Crippen LogP contribution in [0.15, 0.2) is 36.4 Å². The molecule has 7 nitrogen and oxygen atoms in total. The number of fused-ring (bicyclic) bond motifs is 1. The largest absolute Gasteiger partial charge is 0.506 e. The van der Waals surface area contributed by atoms with Crippen molar-refractivity contribution < 1.29 is 29.0 Å². The minimum atomic E-state index is -0.754. The van der Waals surface area contributed by atoms with E-state index in [9.17, 15) is 19.5 Å². The number of rotatable bonds is 4. The second-order valence-corrected chi connectivity index (χ2v) is 6.44. The van der Waals surface area contributed by atoms with Crippen LogP contribution in [0.25, 0.3) is 10.8 Å². The normalized spacial score (nSPS) is 14.8. The molecule has 1 N–H and O–H groups in total. The number of nitrogens with zero attached hydrogens (tertiary/aromatic N) is 1. The highest BCUT2D eigenvalue weighted by atomic mass is 16.5. The van der Waals surface area contributed by atoms with Gasteiger partial charge in [-0.2, -0.15) is 0 Å². The summed E-state index contributed by atoms with van der Waals surface area (Å²) in [5, 5.41) is 11.6. The average molecular weight is 371 g/mol. The van der Waals surface area contributed by atoms with Crippen molar-refractivity contribution in [1.29, 1.82) is 0 Å². The van der Waals surface area contributed by atoms with Crippen molar-refractivity contribution in [3.63, 3.8) is 0 Å². The van der Waals surface area contributed by atoms with Crippen molar-refractivity contribution in [1.82, 2.24) is 4.90 Å². The van der Waals surface area contributed by atoms with Crippen molar-refractivity contribution in [2.24, 2.45) is 5.92 Å². The first kappa shape index (κ1) is 18.7. The molecule has 0 saturated carbocycles. The zero-order chi connectivity index (χ0) is 19.4. The first-order valence-electron chi connectivity index (χ1n) is 8.74. The SMILES string of the molecule is COC(=O)C1CCN(C(=O)COC(=O)c2ccc3ccccc3c2O)CC1. The number of methoxy groups -OCH3 is 1. The number of benzene rings is 2. The molecule has 0 atom stereocenters. The zero-order valence-corrected chi connectivity index (χ0v) is 15.0. The third-order valence-electron chi connectivity index (χ3n) is 4.83. The number of esters is 2. The summed E-state index contributed by atoms with van der Waals surface area (Å²) >= 11 is 0. The Kier molecular flexibility index (Phi) is 5.59. The number of aromatic hydroxyl groups is 1. The van der Waals surface area contributed by atoms with Gasteiger partial charge in [0.2, 0.25) is 0 Å². The molecule has 0 radical (unpaired) electrons. The Morgan fingerprint density at radius 1 is 1.11 bits per heavy atom. The standard InChI is InChI=1S/C20H21NO6/c1-26-19(24)14-8-10-21(11-9-14)17(22)12-27-20(25)16-7-6-13-4-2-3-5-15(13)18(16)23/h2-7,14,23H,8-12H2,1H3. The molecule has 1 aliphatic heterocycles. The summed E-state index contributed by atoms with van der Waals surface area (Å²) in [5.41, 5.74) is 0.0194. The maximum absolute atomic E-state index is 12.3. The molecule has 0 spiro atoms. The van der Waals surface area contributed by atoms with Gasteiger partial charge in [0.1, 0.15) is 11.3 Å². The molecule has 3 rings (SSSR count). The second kappa shape index (κ2) is 8.07. The van der Waals surface area contributed by atoms with Crippen molar-refractivity contribution in [3.05, 3.63) is 42.0 Å². The molecule has 1 amide bonds. The Morgan fingerprint density at radius 2 is 1.81 bits per heavy atom. The summed E-state index contributed by atoms with van der Waals surface area (Å²) < 4.78 is 9.81. The molecule has 1 saturated heterocycles. The number of ether oxygens (including phenoxy) is 2. The lowest BCUT2D eigenvalue weighted by Gasteiger charge is -2.30. The van der Waals surface area contributed by atoms with E-state index in [1.54, 1.807) is 23.1 Å². The molecule has 0 bridgehead atoms. The lowest BCUT2D eigenvalue weighted by molar-refractivity contribution is -0.149. The van der Waals surface area contributed by atoms with E-state index < -0.39 is 12.6 Å². The van der Waals surface area contributed by atoms with Crippen molar-refractivity contribution >= 4 is 28.6 Å². The van der Waals surface area contributed by atoms with Gasteiger partial charge in [0.05, 0.1) is 13.0 Å². The van der Waals surface area contributed by atoms with Crippen molar-refractivity contribution in [2.75, 3.05) is 26.8 Å². The van der Waals surface area contributed by atoms with Crippen LogP contribution in [0.4, 0.5) is 0 Å². The molecule has 1 aliphatic rings. The maximum atomic E-state index is 12.3. The van der Waals surface area contributed by atoms with Gasteiger partial charge in [0.15, 0.2) is 6.61 Å². The summed E-state index contributed by atoms with van der Waals surface area (Å²) in [6.45, 7) is 0.419. The Bertz CT molecular complexity index is 870. The number of carbonyl (C=O) groups is 3. The van der Waals surface area contributed by atoms with Crippen LogP contribution in [0.2, 0.25) is 0 Å². The van der Waals surface area contributed by atoms with Crippen molar-refractivity contribution in [3.8, 4) is 5.75 Å². The molecule has 0 unspecified atom stereocenters. The quantitative estimate of drug-likeness (QED) is 0.828. The fourth-order valence-electron chi connectivity index (χ4n) is 3.25. The molecule has 0 aromatic heterocycles. The van der Waals surface area contributed by atoms with Gasteiger partial charge in [-0.1, -0.05) is 30.3 Å². The Morgan fingerprint density at radius 3 is 2.52 bits per heavy atom. The van der Waals surface area contributed by atoms with Crippen LogP contribution in [0.5, 0.6) is 5.75 Å². The van der Waals surface area contributed by atoms with Gasteiger partial charge in [0.25, 0.3) is 5.91 Å². The minimum absolute atomic E-state index is 0.0194. The highest BCUT2D eigenvalue weighted by Gasteiger charge is 2.28. The van der Waals surface area contributed by atoms with Gasteiger partial charge in [-0.05, 0) is 24.3 Å². The fraction of sp³-hybridized carbons (Fsp3) is 0.350. The molecule has 1 heterocycles. The number of phenolic OH excluding ortho intramolecular Hbond substituents is 1. The van der Waals surface area contributed by atoms with Crippen LogP contribution in [-0.2, 0) is 19.1 Å². The van der Waals surface area contributed by atoms with E-state index in [4.69, 9.17) is 9.47 Å². The summed E-state index contributed by atoms with van der Waals surface area (Å²) in [5.74, 6) is -1.70. The van der Waals surface area contributed by atoms with Gasteiger partial charge < -0.3 is 19.5 Å². The third-order valence-corrected chi connectivity index (χ3v) is 4.83. The van der Waals surface area contributed by atoms with E-state index in [1.165, 1.54) is 13.2 Å². The number of carbonyl (C=O) groups excluding carboxylic acids is 3. The van der Waals surface area contributed by atoms with Crippen molar-refractivity contribution in [2.45, 2.75) is 12.8 Å². The number of phenols is 1. The maximum Gasteiger partial charge on any atom is 0.342 e. The smallest absolute Gasteiger partial charge is 0.342 e. The molecule has 7 heteroatoms. The van der Waals surface area contributed by atoms with E-state index in [1.807, 2.05) is 12.1 Å². The van der Waals surface area contributed by atoms with E-state index in [0.29, 0.717) is 31.3 Å². The lowest BCUT2D eigenvalue weighted by Crippen LogP contribution is -2.42. The van der Waals surface area contributed by atoms with Crippen LogP contribution in [0.3, 0.4) is 0 Å². The van der Waals surface area contributed by atoms with E-state index in [-0.39, 0.29) is 29.1 Å². The number of piperidine rings is 1. The number of hydrogen-bond acceptors (Lipinski definition) is 6. The van der Waals surface area contributed by atoms with E-state index >= 15 is 0 Å². The average Bonchev–Trinajstić information content (AvgIpc) is 2.71. The number of amides is 1. The highest BCUT2D eigenvalue weighted by Crippen LogP contribution is 2.29. The predicted molar refractivity (Wildman–Crippen MR) is 97.2 cm³/mol. The second-order valence-electron chi connectivity index (χ2n) is 6.44. The number of likely N-dealkylation sites (tertiary alicyclic amines) is 1. The molecular formula is C20H21NO6. The summed E-state index contributed by atoms with van der Waals surface area (Å²) in [6.07, 6.45) is 1.05. The zero-order valence-electron chi connectivity index (χ0n) is 15.0. The molecule has 142 valence electrons. The topological polar surface area (TPSA) is 93.1 Å². The third kappa shape index (κ3) is 4.02.